The third kappa shape index (κ3) is 3.93. The second-order valence-electron chi connectivity index (χ2n) is 8.60. The van der Waals surface area contributed by atoms with E-state index in [1.165, 1.54) is 11.1 Å². The second-order valence-corrected chi connectivity index (χ2v) is 8.60. The number of nitrogens with two attached hydrogens (primary N) is 1. The van der Waals surface area contributed by atoms with Gasteiger partial charge in [-0.15, -0.1) is 24.8 Å². The Bertz CT molecular complexity index is 863. The minimum Gasteiger partial charge on any atom is -0.378 e. The van der Waals surface area contributed by atoms with Gasteiger partial charge in [-0.1, -0.05) is 61.4 Å². The van der Waals surface area contributed by atoms with Crippen molar-refractivity contribution in [2.45, 2.75) is 50.2 Å². The van der Waals surface area contributed by atoms with E-state index in [4.69, 9.17) is 5.73 Å². The highest BCUT2D eigenvalue weighted by Crippen LogP contribution is 2.51. The molecule has 5 atom stereocenters. The fourth-order valence-corrected chi connectivity index (χ4v) is 5.64. The van der Waals surface area contributed by atoms with Crippen molar-refractivity contribution >= 4 is 36.4 Å². The Balaban J connectivity index is 0.00000128. The number of halogens is 2. The molecule has 5 rings (SSSR count). The number of hydrogen-bond acceptors (Lipinski definition) is 3. The number of anilines is 1. The van der Waals surface area contributed by atoms with E-state index in [1.54, 1.807) is 0 Å². The number of para-hydroxylation sites is 1. The zero-order valence-electron chi connectivity index (χ0n) is 17.1. The number of nitrogens with one attached hydrogen (secondary N) is 1. The van der Waals surface area contributed by atoms with Crippen molar-refractivity contribution in [3.63, 3.8) is 0 Å². The molecule has 0 radical (unpaired) electrons. The third-order valence-electron chi connectivity index (χ3n) is 7.04. The van der Waals surface area contributed by atoms with Crippen molar-refractivity contribution in [2.75, 3.05) is 11.9 Å². The molecule has 2 aromatic rings. The van der Waals surface area contributed by atoms with Crippen LogP contribution in [-0.2, 0) is 4.79 Å². The summed E-state index contributed by atoms with van der Waals surface area (Å²) in [5, 5.41) is 3.77. The van der Waals surface area contributed by atoms with Gasteiger partial charge < -0.3 is 16.0 Å². The van der Waals surface area contributed by atoms with E-state index in [1.807, 2.05) is 0 Å². The number of fused-ring (bicyclic) bond motifs is 3. The number of hydrogen-bond donors (Lipinski definition) is 2. The van der Waals surface area contributed by atoms with Gasteiger partial charge in [0, 0.05) is 24.2 Å². The van der Waals surface area contributed by atoms with Crippen molar-refractivity contribution in [3.05, 3.63) is 65.7 Å². The van der Waals surface area contributed by atoms with Gasteiger partial charge in [-0.05, 0) is 36.5 Å². The van der Waals surface area contributed by atoms with E-state index in [2.05, 4.69) is 64.8 Å². The normalized spacial score (nSPS) is 29.5. The first-order valence-corrected chi connectivity index (χ1v) is 10.7. The predicted molar refractivity (Wildman–Crippen MR) is 126 cm³/mol. The standard InChI is InChI=1S/C24H29N3O.2ClH/c25-20-12-6-4-10-17(20)24(28)27-15-14-19-22(16-8-2-1-3-9-16)26-21-13-7-5-11-18(21)23(19)27;;/h1-3,5,7-9,11,13,17,19-20,22-23,26H,4,6,10,12,14-15,25H2;2*1H/t17-,19-,20+,22+,23+;;/m0../s1. The molecule has 4 nitrogen and oxygen atoms in total. The SMILES string of the molecule is Cl.Cl.N[C@@H]1CCCC[C@@H]1C(=O)N1CC[C@H]2[C@@H](c3ccccc3)Nc3ccccc3[C@H]21. The van der Waals surface area contributed by atoms with Crippen molar-refractivity contribution in [2.24, 2.45) is 17.6 Å². The molecule has 3 N–H and O–H groups in total. The van der Waals surface area contributed by atoms with Crippen molar-refractivity contribution < 1.29 is 4.79 Å². The average Bonchev–Trinajstić information content (AvgIpc) is 3.19. The van der Waals surface area contributed by atoms with Crippen LogP contribution < -0.4 is 11.1 Å². The first kappa shape index (κ1) is 22.9. The van der Waals surface area contributed by atoms with Crippen LogP contribution in [0.2, 0.25) is 0 Å². The Morgan fingerprint density at radius 1 is 0.933 bits per heavy atom. The number of amides is 1. The summed E-state index contributed by atoms with van der Waals surface area (Å²) >= 11 is 0. The van der Waals surface area contributed by atoms with E-state index in [-0.39, 0.29) is 54.8 Å². The molecule has 0 spiro atoms. The van der Waals surface area contributed by atoms with Crippen LogP contribution in [0.15, 0.2) is 54.6 Å². The minimum absolute atomic E-state index is 0. The van der Waals surface area contributed by atoms with Gasteiger partial charge in [-0.2, -0.15) is 0 Å². The molecule has 6 heteroatoms. The largest absolute Gasteiger partial charge is 0.378 e. The summed E-state index contributed by atoms with van der Waals surface area (Å²) in [7, 11) is 0. The van der Waals surface area contributed by atoms with E-state index in [9.17, 15) is 4.79 Å². The Morgan fingerprint density at radius 2 is 1.63 bits per heavy atom. The van der Waals surface area contributed by atoms with Crippen molar-refractivity contribution in [3.8, 4) is 0 Å². The van der Waals surface area contributed by atoms with Crippen LogP contribution in [0.1, 0.15) is 55.3 Å². The number of carbonyl (C=O) groups is 1. The summed E-state index contributed by atoms with van der Waals surface area (Å²) in [6, 6.07) is 19.6. The van der Waals surface area contributed by atoms with Crippen LogP contribution in [0.4, 0.5) is 5.69 Å². The fourth-order valence-electron chi connectivity index (χ4n) is 5.64. The van der Waals surface area contributed by atoms with Gasteiger partial charge in [0.1, 0.15) is 0 Å². The number of carbonyl (C=O) groups excluding carboxylic acids is 1. The quantitative estimate of drug-likeness (QED) is 0.672. The Kier molecular flexibility index (Phi) is 7.33. The molecule has 1 saturated carbocycles. The van der Waals surface area contributed by atoms with Gasteiger partial charge >= 0.3 is 0 Å². The number of nitrogens with zero attached hydrogens (tertiary/aromatic N) is 1. The molecule has 0 bridgehead atoms. The number of rotatable bonds is 2. The predicted octanol–water partition coefficient (Wildman–Crippen LogP) is 5.10. The van der Waals surface area contributed by atoms with Crippen LogP contribution >= 0.6 is 24.8 Å². The lowest BCUT2D eigenvalue weighted by Crippen LogP contribution is -2.46. The van der Waals surface area contributed by atoms with Gasteiger partial charge in [-0.3, -0.25) is 4.79 Å². The first-order valence-electron chi connectivity index (χ1n) is 10.7. The van der Waals surface area contributed by atoms with Crippen LogP contribution in [0, 0.1) is 11.8 Å². The average molecular weight is 448 g/mol. The lowest BCUT2D eigenvalue weighted by Gasteiger charge is -2.41. The molecule has 0 aromatic heterocycles. The summed E-state index contributed by atoms with van der Waals surface area (Å²) in [5.74, 6) is 0.661. The maximum absolute atomic E-state index is 13.5. The van der Waals surface area contributed by atoms with E-state index < -0.39 is 0 Å². The summed E-state index contributed by atoms with van der Waals surface area (Å²) in [6.07, 6.45) is 5.22. The molecule has 3 aliphatic rings. The lowest BCUT2D eigenvalue weighted by atomic mass is 9.79. The topological polar surface area (TPSA) is 58.4 Å². The molecule has 2 heterocycles. The molecule has 2 aromatic carbocycles. The maximum atomic E-state index is 13.5. The highest BCUT2D eigenvalue weighted by molar-refractivity contribution is 5.85. The molecule has 2 fully saturated rings. The zero-order chi connectivity index (χ0) is 19.1. The van der Waals surface area contributed by atoms with Crippen molar-refractivity contribution in [1.29, 1.82) is 0 Å². The Hall–Kier alpha value is -1.75. The molecule has 2 aliphatic heterocycles. The minimum atomic E-state index is -0.00952. The van der Waals surface area contributed by atoms with Gasteiger partial charge in [0.05, 0.1) is 18.0 Å². The zero-order valence-corrected chi connectivity index (χ0v) is 18.7. The second kappa shape index (κ2) is 9.59. The monoisotopic (exact) mass is 447 g/mol. The van der Waals surface area contributed by atoms with E-state index in [0.717, 1.165) is 44.3 Å². The van der Waals surface area contributed by atoms with Crippen LogP contribution in [0.25, 0.3) is 0 Å². The number of likely N-dealkylation sites (tertiary alicyclic amines) is 1. The maximum Gasteiger partial charge on any atom is 0.227 e. The molecule has 1 aliphatic carbocycles. The summed E-state index contributed by atoms with van der Waals surface area (Å²) < 4.78 is 0. The van der Waals surface area contributed by atoms with Gasteiger partial charge in [0.2, 0.25) is 5.91 Å². The Labute approximate surface area is 191 Å². The fraction of sp³-hybridized carbons (Fsp3) is 0.458. The van der Waals surface area contributed by atoms with Crippen molar-refractivity contribution in [1.82, 2.24) is 4.90 Å². The van der Waals surface area contributed by atoms with Gasteiger partial charge in [-0.25, -0.2) is 0 Å². The molecular formula is C24H31Cl2N3O. The highest BCUT2D eigenvalue weighted by Gasteiger charge is 2.47. The smallest absolute Gasteiger partial charge is 0.227 e. The van der Waals surface area contributed by atoms with Crippen LogP contribution in [-0.4, -0.2) is 23.4 Å². The van der Waals surface area contributed by atoms with Gasteiger partial charge in [0.15, 0.2) is 0 Å². The molecule has 162 valence electrons. The van der Waals surface area contributed by atoms with Crippen LogP contribution in [0.5, 0.6) is 0 Å². The van der Waals surface area contributed by atoms with Gasteiger partial charge in [0.25, 0.3) is 0 Å². The third-order valence-corrected chi connectivity index (χ3v) is 7.04. The molecule has 1 amide bonds. The Morgan fingerprint density at radius 3 is 2.40 bits per heavy atom. The first-order chi connectivity index (χ1) is 13.7. The lowest BCUT2D eigenvalue weighted by molar-refractivity contribution is -0.138. The number of benzene rings is 2. The van der Waals surface area contributed by atoms with Crippen LogP contribution in [0.3, 0.4) is 0 Å². The highest BCUT2D eigenvalue weighted by atomic mass is 35.5. The summed E-state index contributed by atoms with van der Waals surface area (Å²) in [4.78, 5) is 15.7. The van der Waals surface area contributed by atoms with E-state index in [0.29, 0.717) is 5.92 Å². The summed E-state index contributed by atoms with van der Waals surface area (Å²) in [5.41, 5.74) is 10.1. The molecule has 1 saturated heterocycles. The molecular weight excluding hydrogens is 417 g/mol. The molecule has 0 unspecified atom stereocenters. The molecule has 30 heavy (non-hydrogen) atoms. The van der Waals surface area contributed by atoms with E-state index >= 15 is 0 Å². The summed E-state index contributed by atoms with van der Waals surface area (Å²) in [6.45, 7) is 0.830.